The van der Waals surface area contributed by atoms with Crippen LogP contribution in [0.2, 0.25) is 0 Å². The lowest BCUT2D eigenvalue weighted by atomic mass is 10.1. The maximum Gasteiger partial charge on any atom is 0.416 e. The summed E-state index contributed by atoms with van der Waals surface area (Å²) in [7, 11) is 0. The van der Waals surface area contributed by atoms with Crippen LogP contribution in [0, 0.1) is 13.8 Å². The van der Waals surface area contributed by atoms with Crippen LogP contribution in [0.5, 0.6) is 0 Å². The number of alkyl halides is 3. The first kappa shape index (κ1) is 17.0. The smallest absolute Gasteiger partial charge is 0.326 e. The number of halogens is 3. The van der Waals surface area contributed by atoms with Crippen LogP contribution in [0.1, 0.15) is 32.9 Å². The van der Waals surface area contributed by atoms with Crippen molar-refractivity contribution in [1.29, 1.82) is 0 Å². The normalized spacial score (nSPS) is 11.4. The highest BCUT2D eigenvalue weighted by molar-refractivity contribution is 6.05. The molecule has 0 spiro atoms. The number of anilines is 1. The average Bonchev–Trinajstić information content (AvgIpc) is 2.45. The molecule has 2 aromatic rings. The zero-order valence-electron chi connectivity index (χ0n) is 12.7. The Morgan fingerprint density at radius 1 is 1.22 bits per heavy atom. The van der Waals surface area contributed by atoms with Crippen molar-refractivity contribution in [2.45, 2.75) is 26.6 Å². The van der Waals surface area contributed by atoms with Gasteiger partial charge in [-0.05, 0) is 49.7 Å². The first-order chi connectivity index (χ1) is 10.7. The van der Waals surface area contributed by atoms with Gasteiger partial charge in [-0.2, -0.15) is 13.2 Å². The van der Waals surface area contributed by atoms with Gasteiger partial charge in [-0.25, -0.2) is 0 Å². The van der Waals surface area contributed by atoms with Crippen molar-refractivity contribution in [2.24, 2.45) is 5.73 Å². The molecule has 0 aliphatic rings. The number of hydrogen-bond acceptors (Lipinski definition) is 3. The molecule has 122 valence electrons. The highest BCUT2D eigenvalue weighted by atomic mass is 19.4. The van der Waals surface area contributed by atoms with Gasteiger partial charge in [0.2, 0.25) is 0 Å². The number of aromatic nitrogens is 1. The molecule has 23 heavy (non-hydrogen) atoms. The number of pyridine rings is 1. The van der Waals surface area contributed by atoms with E-state index in [-0.39, 0.29) is 17.8 Å². The van der Waals surface area contributed by atoms with Gasteiger partial charge in [0.1, 0.15) is 0 Å². The van der Waals surface area contributed by atoms with Crippen molar-refractivity contribution < 1.29 is 18.0 Å². The summed E-state index contributed by atoms with van der Waals surface area (Å²) in [5.41, 5.74) is 6.47. The lowest BCUT2D eigenvalue weighted by molar-refractivity contribution is -0.137. The Morgan fingerprint density at radius 2 is 1.91 bits per heavy atom. The summed E-state index contributed by atoms with van der Waals surface area (Å²) in [5.74, 6) is -0.516. The number of benzene rings is 1. The number of nitrogens with zero attached hydrogens (tertiary/aromatic N) is 1. The Morgan fingerprint density at radius 3 is 2.48 bits per heavy atom. The molecule has 3 N–H and O–H groups in total. The van der Waals surface area contributed by atoms with Crippen LogP contribution in [0.25, 0.3) is 0 Å². The second-order valence-corrected chi connectivity index (χ2v) is 5.16. The largest absolute Gasteiger partial charge is 0.416 e. The standard InChI is InChI=1S/C16H16F3N3O/c1-9-3-4-14(10(2)21-9)15(23)22-13-6-11(8-20)5-12(7-13)16(17,18)19/h3-7H,8,20H2,1-2H3,(H,22,23). The number of carbonyl (C=O) groups excluding carboxylic acids is 1. The molecule has 0 radical (unpaired) electrons. The van der Waals surface area contributed by atoms with Gasteiger partial charge in [-0.3, -0.25) is 9.78 Å². The van der Waals surface area contributed by atoms with Crippen molar-refractivity contribution >= 4 is 11.6 Å². The SMILES string of the molecule is Cc1ccc(C(=O)Nc2cc(CN)cc(C(F)(F)F)c2)c(C)n1. The molecule has 1 aromatic carbocycles. The summed E-state index contributed by atoms with van der Waals surface area (Å²) in [6, 6.07) is 6.52. The molecule has 4 nitrogen and oxygen atoms in total. The lowest BCUT2D eigenvalue weighted by Gasteiger charge is -2.13. The van der Waals surface area contributed by atoms with Crippen molar-refractivity contribution in [1.82, 2.24) is 4.98 Å². The predicted molar refractivity (Wildman–Crippen MR) is 81.0 cm³/mol. The first-order valence-corrected chi connectivity index (χ1v) is 6.87. The van der Waals surface area contributed by atoms with Gasteiger partial charge in [0.15, 0.2) is 0 Å². The number of aryl methyl sites for hydroxylation is 2. The molecule has 0 fully saturated rings. The second kappa shape index (κ2) is 6.37. The molecule has 0 aliphatic carbocycles. The molecule has 0 unspecified atom stereocenters. The topological polar surface area (TPSA) is 68.0 Å². The van der Waals surface area contributed by atoms with Crippen LogP contribution in [0.4, 0.5) is 18.9 Å². The van der Waals surface area contributed by atoms with E-state index in [1.165, 1.54) is 6.07 Å². The first-order valence-electron chi connectivity index (χ1n) is 6.87. The van der Waals surface area contributed by atoms with Gasteiger partial charge in [-0.15, -0.1) is 0 Å². The summed E-state index contributed by atoms with van der Waals surface area (Å²) in [5, 5.41) is 2.47. The number of nitrogens with one attached hydrogen (secondary N) is 1. The Balaban J connectivity index is 2.33. The van der Waals surface area contributed by atoms with E-state index in [0.29, 0.717) is 11.3 Å². The zero-order chi connectivity index (χ0) is 17.2. The molecule has 7 heteroatoms. The molecule has 0 saturated heterocycles. The summed E-state index contributed by atoms with van der Waals surface area (Å²) in [4.78, 5) is 16.4. The number of carbonyl (C=O) groups is 1. The van der Waals surface area contributed by atoms with Gasteiger partial charge >= 0.3 is 6.18 Å². The molecular weight excluding hydrogens is 307 g/mol. The molecule has 0 bridgehead atoms. The third-order valence-corrected chi connectivity index (χ3v) is 3.28. The minimum Gasteiger partial charge on any atom is -0.326 e. The van der Waals surface area contributed by atoms with E-state index in [9.17, 15) is 18.0 Å². The zero-order valence-corrected chi connectivity index (χ0v) is 12.7. The summed E-state index contributed by atoms with van der Waals surface area (Å²) < 4.78 is 38.7. The van der Waals surface area contributed by atoms with Gasteiger partial charge in [-0.1, -0.05) is 0 Å². The average molecular weight is 323 g/mol. The Kier molecular flexibility index (Phi) is 4.70. The van der Waals surface area contributed by atoms with E-state index >= 15 is 0 Å². The molecule has 0 aliphatic heterocycles. The van der Waals surface area contributed by atoms with Crippen LogP contribution in [-0.4, -0.2) is 10.9 Å². The van der Waals surface area contributed by atoms with Crippen molar-refractivity contribution in [3.8, 4) is 0 Å². The quantitative estimate of drug-likeness (QED) is 0.909. The molecule has 0 atom stereocenters. The number of amides is 1. The highest BCUT2D eigenvalue weighted by Gasteiger charge is 2.31. The number of rotatable bonds is 3. The monoisotopic (exact) mass is 323 g/mol. The van der Waals surface area contributed by atoms with Crippen LogP contribution < -0.4 is 11.1 Å². The third kappa shape index (κ3) is 4.07. The highest BCUT2D eigenvalue weighted by Crippen LogP contribution is 2.32. The van der Waals surface area contributed by atoms with E-state index in [4.69, 9.17) is 5.73 Å². The van der Waals surface area contributed by atoms with Gasteiger partial charge in [0.05, 0.1) is 16.8 Å². The van der Waals surface area contributed by atoms with Crippen molar-refractivity contribution in [3.05, 3.63) is 58.4 Å². The third-order valence-electron chi connectivity index (χ3n) is 3.28. The van der Waals surface area contributed by atoms with E-state index in [2.05, 4.69) is 10.3 Å². The minimum atomic E-state index is -4.51. The summed E-state index contributed by atoms with van der Waals surface area (Å²) in [6.07, 6.45) is -4.51. The van der Waals surface area contributed by atoms with Crippen molar-refractivity contribution in [3.63, 3.8) is 0 Å². The van der Waals surface area contributed by atoms with Gasteiger partial charge in [0, 0.05) is 17.9 Å². The summed E-state index contributed by atoms with van der Waals surface area (Å²) in [6.45, 7) is 3.40. The molecule has 1 heterocycles. The molecule has 2 rings (SSSR count). The molecule has 1 aromatic heterocycles. The lowest BCUT2D eigenvalue weighted by Crippen LogP contribution is -2.16. The van der Waals surface area contributed by atoms with Gasteiger partial charge in [0.25, 0.3) is 5.91 Å². The maximum absolute atomic E-state index is 12.9. The predicted octanol–water partition coefficient (Wildman–Crippen LogP) is 3.43. The molecule has 1 amide bonds. The Bertz CT molecular complexity index is 742. The molecular formula is C16H16F3N3O. The van der Waals surface area contributed by atoms with Crippen LogP contribution in [0.15, 0.2) is 30.3 Å². The van der Waals surface area contributed by atoms with E-state index in [0.717, 1.165) is 17.8 Å². The minimum absolute atomic E-state index is 0.0465. The maximum atomic E-state index is 12.9. The Labute approximate surface area is 131 Å². The van der Waals surface area contributed by atoms with Crippen molar-refractivity contribution in [2.75, 3.05) is 5.32 Å². The Hall–Kier alpha value is -2.41. The van der Waals surface area contributed by atoms with Crippen LogP contribution in [-0.2, 0) is 12.7 Å². The van der Waals surface area contributed by atoms with Gasteiger partial charge < -0.3 is 11.1 Å². The van der Waals surface area contributed by atoms with E-state index in [1.807, 2.05) is 0 Å². The van der Waals surface area contributed by atoms with E-state index in [1.54, 1.807) is 26.0 Å². The fourth-order valence-corrected chi connectivity index (χ4v) is 2.17. The fraction of sp³-hybridized carbons (Fsp3) is 0.250. The van der Waals surface area contributed by atoms with E-state index < -0.39 is 17.6 Å². The van der Waals surface area contributed by atoms with Crippen LogP contribution >= 0.6 is 0 Å². The number of nitrogens with two attached hydrogens (primary N) is 1. The summed E-state index contributed by atoms with van der Waals surface area (Å²) >= 11 is 0. The fourth-order valence-electron chi connectivity index (χ4n) is 2.17. The second-order valence-electron chi connectivity index (χ2n) is 5.16. The number of hydrogen-bond donors (Lipinski definition) is 2. The van der Waals surface area contributed by atoms with Crippen LogP contribution in [0.3, 0.4) is 0 Å². The molecule has 0 saturated carbocycles.